The molecule has 0 aliphatic carbocycles. The first-order valence-electron chi connectivity index (χ1n) is 5.92. The molecule has 0 saturated carbocycles. The molecule has 0 saturated heterocycles. The number of hydrogen-bond donors (Lipinski definition) is 1. The molecule has 2 aromatic rings. The number of benzene rings is 1. The molecule has 0 bridgehead atoms. The highest BCUT2D eigenvalue weighted by molar-refractivity contribution is 9.10. The molecule has 96 valence electrons. The molecule has 1 aromatic heterocycles. The van der Waals surface area contributed by atoms with E-state index in [0.29, 0.717) is 6.42 Å². The topological polar surface area (TPSA) is 50.9 Å². The second kappa shape index (κ2) is 5.63. The first-order valence-corrected chi connectivity index (χ1v) is 6.72. The van der Waals surface area contributed by atoms with Crippen LogP contribution in [0.5, 0.6) is 0 Å². The first kappa shape index (κ1) is 13.2. The summed E-state index contributed by atoms with van der Waals surface area (Å²) in [6, 6.07) is 5.94. The van der Waals surface area contributed by atoms with Gasteiger partial charge < -0.3 is 5.11 Å². The van der Waals surface area contributed by atoms with Gasteiger partial charge in [0.05, 0.1) is 6.10 Å². The highest BCUT2D eigenvalue weighted by Gasteiger charge is 2.15. The van der Waals surface area contributed by atoms with Crippen LogP contribution < -0.4 is 0 Å². The standard InChI is InChI=1S/C13H16BrN3O/c1-3-17-13(15-8-16-17)7-12(18)10-5-4-9(2)6-11(10)14/h4-6,8,12,18H,3,7H2,1-2H3. The zero-order chi connectivity index (χ0) is 13.1. The van der Waals surface area contributed by atoms with Crippen LogP contribution >= 0.6 is 15.9 Å². The van der Waals surface area contributed by atoms with Gasteiger partial charge in [0.25, 0.3) is 0 Å². The SMILES string of the molecule is CCn1ncnc1CC(O)c1ccc(C)cc1Br. The highest BCUT2D eigenvalue weighted by atomic mass is 79.9. The van der Waals surface area contributed by atoms with Crippen LogP contribution in [0.2, 0.25) is 0 Å². The van der Waals surface area contributed by atoms with Crippen molar-refractivity contribution in [2.45, 2.75) is 32.9 Å². The lowest BCUT2D eigenvalue weighted by Crippen LogP contribution is -2.10. The van der Waals surface area contributed by atoms with E-state index in [1.165, 1.54) is 6.33 Å². The summed E-state index contributed by atoms with van der Waals surface area (Å²) in [6.07, 6.45) is 1.42. The molecular weight excluding hydrogens is 294 g/mol. The maximum atomic E-state index is 10.3. The molecule has 0 spiro atoms. The summed E-state index contributed by atoms with van der Waals surface area (Å²) >= 11 is 3.48. The summed E-state index contributed by atoms with van der Waals surface area (Å²) in [5, 5.41) is 14.4. The van der Waals surface area contributed by atoms with Gasteiger partial charge in [-0.05, 0) is 31.0 Å². The molecule has 1 atom stereocenters. The molecule has 0 fully saturated rings. The molecule has 0 aliphatic heterocycles. The molecule has 1 N–H and O–H groups in total. The van der Waals surface area contributed by atoms with E-state index >= 15 is 0 Å². The average molecular weight is 310 g/mol. The predicted molar refractivity (Wildman–Crippen MR) is 73.2 cm³/mol. The predicted octanol–water partition coefficient (Wildman–Crippen LogP) is 2.65. The van der Waals surface area contributed by atoms with Gasteiger partial charge in [-0.25, -0.2) is 4.98 Å². The fraction of sp³-hybridized carbons (Fsp3) is 0.385. The second-order valence-corrected chi connectivity index (χ2v) is 5.09. The Hall–Kier alpha value is -1.20. The van der Waals surface area contributed by atoms with Crippen LogP contribution in [0.4, 0.5) is 0 Å². The van der Waals surface area contributed by atoms with Crippen molar-refractivity contribution >= 4 is 15.9 Å². The minimum absolute atomic E-state index is 0.468. The Kier molecular flexibility index (Phi) is 4.14. The molecule has 0 aliphatic rings. The number of aromatic nitrogens is 3. The van der Waals surface area contributed by atoms with Crippen molar-refractivity contribution in [3.63, 3.8) is 0 Å². The average Bonchev–Trinajstić information content (AvgIpc) is 2.76. The molecular formula is C13H16BrN3O. The van der Waals surface area contributed by atoms with Crippen molar-refractivity contribution in [1.82, 2.24) is 14.8 Å². The van der Waals surface area contributed by atoms with Gasteiger partial charge in [0.1, 0.15) is 12.2 Å². The minimum atomic E-state index is -0.575. The van der Waals surface area contributed by atoms with Crippen LogP contribution in [0.1, 0.15) is 30.0 Å². The van der Waals surface area contributed by atoms with Crippen molar-refractivity contribution in [3.05, 3.63) is 46.0 Å². The van der Waals surface area contributed by atoms with Crippen LogP contribution in [0.15, 0.2) is 29.0 Å². The van der Waals surface area contributed by atoms with Gasteiger partial charge in [0, 0.05) is 17.4 Å². The Morgan fingerprint density at radius 2 is 2.22 bits per heavy atom. The molecule has 18 heavy (non-hydrogen) atoms. The van der Waals surface area contributed by atoms with E-state index < -0.39 is 6.10 Å². The van der Waals surface area contributed by atoms with E-state index in [0.717, 1.165) is 28.0 Å². The summed E-state index contributed by atoms with van der Waals surface area (Å²) in [7, 11) is 0. The fourth-order valence-electron chi connectivity index (χ4n) is 1.90. The highest BCUT2D eigenvalue weighted by Crippen LogP contribution is 2.26. The summed E-state index contributed by atoms with van der Waals surface area (Å²) in [5.41, 5.74) is 2.04. The maximum Gasteiger partial charge on any atom is 0.138 e. The van der Waals surface area contributed by atoms with Crippen molar-refractivity contribution in [1.29, 1.82) is 0 Å². The Balaban J connectivity index is 2.19. The molecule has 1 aromatic carbocycles. The van der Waals surface area contributed by atoms with E-state index in [2.05, 4.69) is 26.0 Å². The third-order valence-electron chi connectivity index (χ3n) is 2.89. The van der Waals surface area contributed by atoms with Crippen LogP contribution in [0.25, 0.3) is 0 Å². The van der Waals surface area contributed by atoms with E-state index in [4.69, 9.17) is 0 Å². The lowest BCUT2D eigenvalue weighted by atomic mass is 10.0. The number of nitrogens with zero attached hydrogens (tertiary/aromatic N) is 3. The van der Waals surface area contributed by atoms with Gasteiger partial charge in [0.2, 0.25) is 0 Å². The molecule has 1 heterocycles. The zero-order valence-electron chi connectivity index (χ0n) is 10.5. The molecule has 0 radical (unpaired) electrons. The number of rotatable bonds is 4. The van der Waals surface area contributed by atoms with Crippen molar-refractivity contribution in [2.75, 3.05) is 0 Å². The molecule has 1 unspecified atom stereocenters. The molecule has 4 nitrogen and oxygen atoms in total. The number of aliphatic hydroxyl groups excluding tert-OH is 1. The number of aliphatic hydroxyl groups is 1. The van der Waals surface area contributed by atoms with Gasteiger partial charge in [-0.15, -0.1) is 0 Å². The normalized spacial score (nSPS) is 12.7. The fourth-order valence-corrected chi connectivity index (χ4v) is 2.65. The smallest absolute Gasteiger partial charge is 0.138 e. The van der Waals surface area contributed by atoms with Gasteiger partial charge in [-0.3, -0.25) is 4.68 Å². The number of aryl methyl sites for hydroxylation is 2. The molecule has 2 rings (SSSR count). The lowest BCUT2D eigenvalue weighted by Gasteiger charge is -2.13. The summed E-state index contributed by atoms with van der Waals surface area (Å²) < 4.78 is 2.73. The van der Waals surface area contributed by atoms with Crippen molar-refractivity contribution in [3.8, 4) is 0 Å². The van der Waals surface area contributed by atoms with Crippen molar-refractivity contribution < 1.29 is 5.11 Å². The van der Waals surface area contributed by atoms with Gasteiger partial charge >= 0.3 is 0 Å². The van der Waals surface area contributed by atoms with E-state index in [9.17, 15) is 5.11 Å². The second-order valence-electron chi connectivity index (χ2n) is 4.24. The Morgan fingerprint density at radius 3 is 2.89 bits per heavy atom. The van der Waals surface area contributed by atoms with Crippen LogP contribution in [0.3, 0.4) is 0 Å². The summed E-state index contributed by atoms with van der Waals surface area (Å²) in [5.74, 6) is 0.803. The van der Waals surface area contributed by atoms with Crippen LogP contribution in [0, 0.1) is 6.92 Å². The Morgan fingerprint density at radius 1 is 1.44 bits per heavy atom. The number of halogens is 1. The third-order valence-corrected chi connectivity index (χ3v) is 3.57. The minimum Gasteiger partial charge on any atom is -0.388 e. The lowest BCUT2D eigenvalue weighted by molar-refractivity contribution is 0.173. The third kappa shape index (κ3) is 2.79. The van der Waals surface area contributed by atoms with Gasteiger partial charge in [-0.2, -0.15) is 5.10 Å². The van der Waals surface area contributed by atoms with Gasteiger partial charge in [-0.1, -0.05) is 28.1 Å². The molecule has 0 amide bonds. The summed E-state index contributed by atoms with van der Waals surface area (Å²) in [4.78, 5) is 4.18. The van der Waals surface area contributed by atoms with E-state index in [1.807, 2.05) is 32.0 Å². The first-order chi connectivity index (χ1) is 8.61. The number of hydrogen-bond acceptors (Lipinski definition) is 3. The Labute approximate surface area is 115 Å². The van der Waals surface area contributed by atoms with Crippen LogP contribution in [-0.2, 0) is 13.0 Å². The largest absolute Gasteiger partial charge is 0.388 e. The summed E-state index contributed by atoms with van der Waals surface area (Å²) in [6.45, 7) is 4.79. The van der Waals surface area contributed by atoms with E-state index in [1.54, 1.807) is 4.68 Å². The quantitative estimate of drug-likeness (QED) is 0.944. The maximum absolute atomic E-state index is 10.3. The molecule has 5 heteroatoms. The van der Waals surface area contributed by atoms with Crippen LogP contribution in [-0.4, -0.2) is 19.9 Å². The van der Waals surface area contributed by atoms with E-state index in [-0.39, 0.29) is 0 Å². The monoisotopic (exact) mass is 309 g/mol. The van der Waals surface area contributed by atoms with Crippen molar-refractivity contribution in [2.24, 2.45) is 0 Å². The Bertz CT molecular complexity index is 539. The zero-order valence-corrected chi connectivity index (χ0v) is 12.1. The van der Waals surface area contributed by atoms with Gasteiger partial charge in [0.15, 0.2) is 0 Å².